The van der Waals surface area contributed by atoms with Crippen LogP contribution in [0, 0.1) is 0 Å². The van der Waals surface area contributed by atoms with E-state index in [9.17, 15) is 9.59 Å². The van der Waals surface area contributed by atoms with Gasteiger partial charge >= 0.3 is 0 Å². The average molecular weight is 415 g/mol. The Bertz CT molecular complexity index is 900. The van der Waals surface area contributed by atoms with Crippen LogP contribution in [0.3, 0.4) is 0 Å². The molecule has 2 aliphatic heterocycles. The van der Waals surface area contributed by atoms with Gasteiger partial charge in [0.1, 0.15) is 5.75 Å². The van der Waals surface area contributed by atoms with E-state index in [1.807, 2.05) is 24.3 Å². The lowest BCUT2D eigenvalue weighted by molar-refractivity contribution is -0.123. The third-order valence-electron chi connectivity index (χ3n) is 4.42. The molecule has 0 aromatic heterocycles. The van der Waals surface area contributed by atoms with Crippen molar-refractivity contribution >= 4 is 33.4 Å². The Kier molecular flexibility index (Phi) is 4.20. The van der Waals surface area contributed by atoms with E-state index in [4.69, 9.17) is 4.74 Å². The van der Waals surface area contributed by atoms with Crippen molar-refractivity contribution in [3.05, 3.63) is 58.6 Å². The van der Waals surface area contributed by atoms with Crippen LogP contribution in [0.4, 0.5) is 5.69 Å². The number of amides is 2. The number of fused-ring (bicyclic) bond motifs is 1. The summed E-state index contributed by atoms with van der Waals surface area (Å²) in [5.41, 5.74) is 1.48. The summed E-state index contributed by atoms with van der Waals surface area (Å²) in [7, 11) is 1.56. The first-order valence-corrected chi connectivity index (χ1v) is 8.81. The molecule has 1 saturated heterocycles. The highest BCUT2D eigenvalue weighted by molar-refractivity contribution is 9.10. The summed E-state index contributed by atoms with van der Waals surface area (Å²) >= 11 is 3.43. The number of hydrogen-bond acceptors (Lipinski definition) is 6. The van der Waals surface area contributed by atoms with Crippen LogP contribution in [0.2, 0.25) is 0 Å². The standard InChI is InChI=1S/C18H15BrN4O3/c1-26-14-7-5-13(6-8-14)23-17(24)15-16(18(23)25)22(21-20-15)10-11-3-2-4-12(19)9-11/h2-9,15-16H,10H2,1H3/t15-,16+/m0/s1. The van der Waals surface area contributed by atoms with Crippen LogP contribution in [0.25, 0.3) is 0 Å². The van der Waals surface area contributed by atoms with Gasteiger partial charge in [0.2, 0.25) is 0 Å². The molecule has 0 spiro atoms. The first-order valence-electron chi connectivity index (χ1n) is 8.02. The van der Waals surface area contributed by atoms with Gasteiger partial charge in [-0.25, -0.2) is 4.90 Å². The minimum atomic E-state index is -0.795. The van der Waals surface area contributed by atoms with Crippen molar-refractivity contribution in [3.63, 3.8) is 0 Å². The van der Waals surface area contributed by atoms with Crippen molar-refractivity contribution in [2.24, 2.45) is 10.3 Å². The molecule has 0 unspecified atom stereocenters. The smallest absolute Gasteiger partial charge is 0.263 e. The molecule has 2 aliphatic rings. The fourth-order valence-corrected chi connectivity index (χ4v) is 3.61. The molecule has 2 aromatic rings. The first-order chi connectivity index (χ1) is 12.6. The number of imide groups is 1. The molecule has 4 rings (SSSR count). The van der Waals surface area contributed by atoms with Gasteiger partial charge < -0.3 is 4.74 Å². The van der Waals surface area contributed by atoms with Gasteiger partial charge in [-0.1, -0.05) is 33.3 Å². The summed E-state index contributed by atoms with van der Waals surface area (Å²) < 4.78 is 6.06. The van der Waals surface area contributed by atoms with E-state index in [1.165, 1.54) is 4.90 Å². The maximum Gasteiger partial charge on any atom is 0.263 e. The Morgan fingerprint density at radius 3 is 2.58 bits per heavy atom. The number of anilines is 1. The molecule has 1 fully saturated rings. The van der Waals surface area contributed by atoms with Crippen molar-refractivity contribution < 1.29 is 14.3 Å². The maximum atomic E-state index is 12.9. The minimum absolute atomic E-state index is 0.315. The fraction of sp³-hybridized carbons (Fsp3) is 0.222. The summed E-state index contributed by atoms with van der Waals surface area (Å²) in [4.78, 5) is 26.8. The Morgan fingerprint density at radius 2 is 1.88 bits per heavy atom. The highest BCUT2D eigenvalue weighted by Gasteiger charge is 2.54. The zero-order valence-electron chi connectivity index (χ0n) is 13.9. The van der Waals surface area contributed by atoms with E-state index in [0.717, 1.165) is 10.0 Å². The number of carbonyl (C=O) groups is 2. The number of rotatable bonds is 4. The number of methoxy groups -OCH3 is 1. The molecule has 8 heteroatoms. The molecule has 2 atom stereocenters. The van der Waals surface area contributed by atoms with Gasteiger partial charge in [0.15, 0.2) is 12.1 Å². The molecule has 2 amide bonds. The van der Waals surface area contributed by atoms with Crippen LogP contribution in [-0.4, -0.2) is 36.0 Å². The fourth-order valence-electron chi connectivity index (χ4n) is 3.16. The third-order valence-corrected chi connectivity index (χ3v) is 4.92. The molecule has 2 heterocycles. The second-order valence-corrected chi connectivity index (χ2v) is 6.95. The lowest BCUT2D eigenvalue weighted by atomic mass is 10.1. The third kappa shape index (κ3) is 2.76. The van der Waals surface area contributed by atoms with E-state index in [1.54, 1.807) is 36.4 Å². The molecule has 2 aromatic carbocycles. The van der Waals surface area contributed by atoms with Gasteiger partial charge in [0, 0.05) is 4.47 Å². The summed E-state index contributed by atoms with van der Waals surface area (Å²) in [6.07, 6.45) is 0. The number of benzene rings is 2. The van der Waals surface area contributed by atoms with Crippen LogP contribution < -0.4 is 9.64 Å². The predicted molar refractivity (Wildman–Crippen MR) is 97.6 cm³/mol. The Balaban J connectivity index is 1.58. The van der Waals surface area contributed by atoms with Gasteiger partial charge in [-0.15, -0.1) is 0 Å². The monoisotopic (exact) mass is 414 g/mol. The van der Waals surface area contributed by atoms with Crippen LogP contribution in [-0.2, 0) is 16.1 Å². The first kappa shape index (κ1) is 16.7. The van der Waals surface area contributed by atoms with E-state index in [-0.39, 0.29) is 11.8 Å². The molecule has 26 heavy (non-hydrogen) atoms. The molecule has 0 N–H and O–H groups in total. The van der Waals surface area contributed by atoms with Crippen LogP contribution >= 0.6 is 15.9 Å². The lowest BCUT2D eigenvalue weighted by Crippen LogP contribution is -2.39. The Morgan fingerprint density at radius 1 is 1.12 bits per heavy atom. The maximum absolute atomic E-state index is 12.9. The second kappa shape index (κ2) is 6.53. The minimum Gasteiger partial charge on any atom is -0.497 e. The molecule has 0 saturated carbocycles. The Hall–Kier alpha value is -2.74. The zero-order chi connectivity index (χ0) is 18.3. The molecule has 0 aliphatic carbocycles. The number of carbonyl (C=O) groups excluding carboxylic acids is 2. The predicted octanol–water partition coefficient (Wildman–Crippen LogP) is 2.95. The topological polar surface area (TPSA) is 74.6 Å². The molecule has 0 radical (unpaired) electrons. The molecule has 132 valence electrons. The second-order valence-electron chi connectivity index (χ2n) is 6.03. The van der Waals surface area contributed by atoms with Gasteiger partial charge in [-0.2, -0.15) is 5.11 Å². The summed E-state index contributed by atoms with van der Waals surface area (Å²) in [6, 6.07) is 13.0. The van der Waals surface area contributed by atoms with Crippen molar-refractivity contribution in [2.75, 3.05) is 12.0 Å². The van der Waals surface area contributed by atoms with Crippen LogP contribution in [0.15, 0.2) is 63.3 Å². The summed E-state index contributed by atoms with van der Waals surface area (Å²) in [6.45, 7) is 0.402. The highest BCUT2D eigenvalue weighted by atomic mass is 79.9. The normalized spacial score (nSPS) is 21.5. The molecular formula is C18H15BrN4O3. The largest absolute Gasteiger partial charge is 0.497 e. The van der Waals surface area contributed by atoms with Crippen LogP contribution in [0.5, 0.6) is 5.75 Å². The average Bonchev–Trinajstić information content (AvgIpc) is 3.16. The number of halogens is 1. The number of nitrogens with zero attached hydrogens (tertiary/aromatic N) is 4. The van der Waals surface area contributed by atoms with Gasteiger partial charge in [-0.3, -0.25) is 14.6 Å². The lowest BCUT2D eigenvalue weighted by Gasteiger charge is -2.20. The van der Waals surface area contributed by atoms with Crippen molar-refractivity contribution in [1.82, 2.24) is 5.01 Å². The van der Waals surface area contributed by atoms with Gasteiger partial charge in [0.25, 0.3) is 11.8 Å². The van der Waals surface area contributed by atoms with E-state index < -0.39 is 12.1 Å². The van der Waals surface area contributed by atoms with Crippen molar-refractivity contribution in [2.45, 2.75) is 18.6 Å². The molecule has 7 nitrogen and oxygen atoms in total. The van der Waals surface area contributed by atoms with E-state index in [2.05, 4.69) is 26.3 Å². The number of ether oxygens (including phenoxy) is 1. The van der Waals surface area contributed by atoms with Crippen molar-refractivity contribution in [1.29, 1.82) is 0 Å². The quantitative estimate of drug-likeness (QED) is 0.720. The van der Waals surface area contributed by atoms with E-state index >= 15 is 0 Å². The molecule has 0 bridgehead atoms. The summed E-state index contributed by atoms with van der Waals surface area (Å²) in [5, 5.41) is 9.68. The van der Waals surface area contributed by atoms with Gasteiger partial charge in [0.05, 0.1) is 19.3 Å². The summed E-state index contributed by atoms with van der Waals surface area (Å²) in [5.74, 6) is -0.0140. The number of hydrogen-bond donors (Lipinski definition) is 0. The van der Waals surface area contributed by atoms with Gasteiger partial charge in [-0.05, 0) is 42.0 Å². The highest BCUT2D eigenvalue weighted by Crippen LogP contribution is 2.33. The molecular weight excluding hydrogens is 400 g/mol. The van der Waals surface area contributed by atoms with Crippen LogP contribution in [0.1, 0.15) is 5.56 Å². The zero-order valence-corrected chi connectivity index (χ0v) is 15.5. The Labute approximate surface area is 158 Å². The SMILES string of the molecule is COc1ccc(N2C(=O)[C@H]3N=NN(Cc4cccc(Br)c4)[C@H]3C2=O)cc1. The van der Waals surface area contributed by atoms with Crippen molar-refractivity contribution in [3.8, 4) is 5.75 Å². The van der Waals surface area contributed by atoms with E-state index in [0.29, 0.717) is 18.0 Å².